The van der Waals surface area contributed by atoms with Crippen molar-refractivity contribution in [2.45, 2.75) is 26.2 Å². The van der Waals surface area contributed by atoms with E-state index in [1.54, 1.807) is 11.3 Å². The number of furan rings is 1. The molecule has 4 rings (SSSR count). The van der Waals surface area contributed by atoms with Crippen LogP contribution in [0.15, 0.2) is 52.3 Å². The van der Waals surface area contributed by atoms with Crippen LogP contribution in [0.25, 0.3) is 33.0 Å². The number of rotatable bonds is 5. The summed E-state index contributed by atoms with van der Waals surface area (Å²) in [5.74, 6) is 1.03. The van der Waals surface area contributed by atoms with E-state index in [1.807, 2.05) is 36.4 Å². The quantitative estimate of drug-likeness (QED) is 0.513. The van der Waals surface area contributed by atoms with Gasteiger partial charge in [0.2, 0.25) is 5.95 Å². The maximum Gasteiger partial charge on any atom is 0.221 e. The number of aromatic nitrogens is 2. The summed E-state index contributed by atoms with van der Waals surface area (Å²) in [6.45, 7) is 2.18. The predicted octanol–water partition coefficient (Wildman–Crippen LogP) is 5.54. The molecule has 0 aliphatic rings. The van der Waals surface area contributed by atoms with Crippen LogP contribution >= 0.6 is 11.3 Å². The summed E-state index contributed by atoms with van der Waals surface area (Å²) in [7, 11) is 0. The second kappa shape index (κ2) is 6.69. The molecule has 5 heteroatoms. The van der Waals surface area contributed by atoms with E-state index in [4.69, 9.17) is 10.2 Å². The van der Waals surface area contributed by atoms with Crippen molar-refractivity contribution >= 4 is 28.3 Å². The van der Waals surface area contributed by atoms with Crippen molar-refractivity contribution in [3.63, 3.8) is 0 Å². The molecule has 3 heterocycles. The Hall–Kier alpha value is -2.66. The first-order valence-electron chi connectivity index (χ1n) is 8.45. The minimum absolute atomic E-state index is 0.277. The van der Waals surface area contributed by atoms with Crippen molar-refractivity contribution < 1.29 is 4.42 Å². The molecule has 3 aromatic heterocycles. The highest BCUT2D eigenvalue weighted by Gasteiger charge is 2.19. The number of fused-ring (bicyclic) bond motifs is 1. The summed E-state index contributed by atoms with van der Waals surface area (Å²) in [5.41, 5.74) is 9.73. The van der Waals surface area contributed by atoms with Crippen LogP contribution in [0, 0.1) is 0 Å². The normalized spacial score (nSPS) is 11.2. The van der Waals surface area contributed by atoms with Gasteiger partial charge in [-0.05, 0) is 36.4 Å². The van der Waals surface area contributed by atoms with Gasteiger partial charge < -0.3 is 10.2 Å². The molecular weight excluding hydrogens is 330 g/mol. The van der Waals surface area contributed by atoms with E-state index in [9.17, 15) is 0 Å². The summed E-state index contributed by atoms with van der Waals surface area (Å²) >= 11 is 1.66. The van der Waals surface area contributed by atoms with Gasteiger partial charge in [0.1, 0.15) is 11.3 Å². The van der Waals surface area contributed by atoms with Gasteiger partial charge >= 0.3 is 0 Å². The van der Waals surface area contributed by atoms with Crippen molar-refractivity contribution in [1.29, 1.82) is 0 Å². The first-order chi connectivity index (χ1) is 12.3. The van der Waals surface area contributed by atoms with Crippen LogP contribution in [-0.2, 0) is 6.42 Å². The van der Waals surface area contributed by atoms with Crippen LogP contribution in [0.1, 0.15) is 25.3 Å². The summed E-state index contributed by atoms with van der Waals surface area (Å²) < 4.78 is 6.06. The zero-order valence-electron chi connectivity index (χ0n) is 14.0. The van der Waals surface area contributed by atoms with Crippen molar-refractivity contribution in [1.82, 2.24) is 9.97 Å². The van der Waals surface area contributed by atoms with Gasteiger partial charge in [-0.1, -0.05) is 37.6 Å². The number of hydrogen-bond donors (Lipinski definition) is 1. The molecule has 4 nitrogen and oxygen atoms in total. The molecule has 0 saturated heterocycles. The zero-order valence-corrected chi connectivity index (χ0v) is 14.8. The molecular formula is C20H19N3OS. The third-order valence-corrected chi connectivity index (χ3v) is 5.09. The van der Waals surface area contributed by atoms with Gasteiger partial charge in [-0.25, -0.2) is 9.97 Å². The number of hydrogen-bond acceptors (Lipinski definition) is 5. The Kier molecular flexibility index (Phi) is 4.24. The van der Waals surface area contributed by atoms with Crippen LogP contribution in [0.5, 0.6) is 0 Å². The van der Waals surface area contributed by atoms with Crippen LogP contribution < -0.4 is 5.73 Å². The molecule has 0 unspecified atom stereocenters. The van der Waals surface area contributed by atoms with Crippen molar-refractivity contribution in [3.05, 3.63) is 53.4 Å². The highest BCUT2D eigenvalue weighted by molar-refractivity contribution is 7.13. The van der Waals surface area contributed by atoms with Crippen LogP contribution in [0.3, 0.4) is 0 Å². The molecule has 2 N–H and O–H groups in total. The monoisotopic (exact) mass is 349 g/mol. The average molecular weight is 349 g/mol. The second-order valence-corrected chi connectivity index (χ2v) is 6.93. The highest BCUT2D eigenvalue weighted by atomic mass is 32.1. The fourth-order valence-corrected chi connectivity index (χ4v) is 3.75. The van der Waals surface area contributed by atoms with Gasteiger partial charge in [-0.15, -0.1) is 11.3 Å². The van der Waals surface area contributed by atoms with Gasteiger partial charge in [0.25, 0.3) is 0 Å². The van der Waals surface area contributed by atoms with E-state index in [2.05, 4.69) is 28.3 Å². The van der Waals surface area contributed by atoms with Crippen LogP contribution in [0.2, 0.25) is 0 Å². The number of nitrogens with zero attached hydrogens (tertiary/aromatic N) is 2. The minimum Gasteiger partial charge on any atom is -0.454 e. The Labute approximate surface area is 150 Å². The number of nitrogens with two attached hydrogens (primary N) is 1. The SMILES string of the molecule is CCCCc1c(-c2cc3ccccc3o2)nc(N)nc1-c1cccs1. The van der Waals surface area contributed by atoms with E-state index in [0.717, 1.165) is 57.8 Å². The van der Waals surface area contributed by atoms with E-state index >= 15 is 0 Å². The van der Waals surface area contributed by atoms with Gasteiger partial charge in [-0.3, -0.25) is 0 Å². The smallest absolute Gasteiger partial charge is 0.221 e. The maximum absolute atomic E-state index is 6.06. The third kappa shape index (κ3) is 3.03. The Balaban J connectivity index is 1.93. The molecule has 0 aliphatic carbocycles. The summed E-state index contributed by atoms with van der Waals surface area (Å²) in [6.07, 6.45) is 3.07. The van der Waals surface area contributed by atoms with Gasteiger partial charge in [0.05, 0.1) is 10.6 Å². The second-order valence-electron chi connectivity index (χ2n) is 5.99. The molecule has 0 atom stereocenters. The molecule has 0 amide bonds. The predicted molar refractivity (Wildman–Crippen MR) is 104 cm³/mol. The fraction of sp³-hybridized carbons (Fsp3) is 0.200. The Morgan fingerprint density at radius 2 is 1.92 bits per heavy atom. The first-order valence-corrected chi connectivity index (χ1v) is 9.33. The summed E-state index contributed by atoms with van der Waals surface area (Å²) in [4.78, 5) is 10.2. The van der Waals surface area contributed by atoms with Crippen LogP contribution in [-0.4, -0.2) is 9.97 Å². The molecule has 0 saturated carbocycles. The number of para-hydroxylation sites is 1. The molecule has 0 fully saturated rings. The molecule has 1 aromatic carbocycles. The van der Waals surface area contributed by atoms with E-state index < -0.39 is 0 Å². The first kappa shape index (κ1) is 15.8. The standard InChI is InChI=1S/C20H19N3OS/c1-2-3-8-14-18(16-12-13-7-4-5-9-15(13)24-16)22-20(21)23-19(14)17-10-6-11-25-17/h4-7,9-12H,2-3,8H2,1H3,(H2,21,22,23). The third-order valence-electron chi connectivity index (χ3n) is 4.22. The molecule has 4 aromatic rings. The zero-order chi connectivity index (χ0) is 17.2. The number of thiophene rings is 1. The summed E-state index contributed by atoms with van der Waals surface area (Å²) in [5, 5.41) is 3.12. The molecule has 126 valence electrons. The van der Waals surface area contributed by atoms with Crippen molar-refractivity contribution in [3.8, 4) is 22.0 Å². The lowest BCUT2D eigenvalue weighted by Gasteiger charge is -2.12. The lowest BCUT2D eigenvalue weighted by Crippen LogP contribution is -2.04. The minimum atomic E-state index is 0.277. The molecule has 25 heavy (non-hydrogen) atoms. The Morgan fingerprint density at radius 1 is 1.08 bits per heavy atom. The number of unbranched alkanes of at least 4 members (excludes halogenated alkanes) is 1. The maximum atomic E-state index is 6.06. The summed E-state index contributed by atoms with van der Waals surface area (Å²) in [6, 6.07) is 14.1. The highest BCUT2D eigenvalue weighted by Crippen LogP contribution is 2.36. The van der Waals surface area contributed by atoms with E-state index in [-0.39, 0.29) is 5.95 Å². The van der Waals surface area contributed by atoms with Crippen LogP contribution in [0.4, 0.5) is 5.95 Å². The fourth-order valence-electron chi connectivity index (χ4n) is 3.01. The molecule has 0 bridgehead atoms. The lowest BCUT2D eigenvalue weighted by atomic mass is 10.0. The number of anilines is 1. The number of nitrogen functional groups attached to an aromatic ring is 1. The molecule has 0 spiro atoms. The van der Waals surface area contributed by atoms with Gasteiger partial charge in [0, 0.05) is 10.9 Å². The van der Waals surface area contributed by atoms with E-state index in [0.29, 0.717) is 0 Å². The van der Waals surface area contributed by atoms with Crippen molar-refractivity contribution in [2.75, 3.05) is 5.73 Å². The Bertz CT molecular complexity index is 972. The largest absolute Gasteiger partial charge is 0.454 e. The molecule has 0 radical (unpaired) electrons. The van der Waals surface area contributed by atoms with Gasteiger partial charge in [0.15, 0.2) is 5.76 Å². The average Bonchev–Trinajstić information content (AvgIpc) is 3.29. The molecule has 0 aliphatic heterocycles. The lowest BCUT2D eigenvalue weighted by molar-refractivity contribution is 0.626. The topological polar surface area (TPSA) is 64.9 Å². The Morgan fingerprint density at radius 3 is 2.68 bits per heavy atom. The van der Waals surface area contributed by atoms with Gasteiger partial charge in [-0.2, -0.15) is 0 Å². The van der Waals surface area contributed by atoms with E-state index in [1.165, 1.54) is 0 Å². The van der Waals surface area contributed by atoms with Crippen molar-refractivity contribution in [2.24, 2.45) is 0 Å². The number of benzene rings is 1.